The van der Waals surface area contributed by atoms with E-state index in [1.807, 2.05) is 6.92 Å². The fourth-order valence-corrected chi connectivity index (χ4v) is 4.10. The van der Waals surface area contributed by atoms with Gasteiger partial charge >= 0.3 is 11.9 Å². The van der Waals surface area contributed by atoms with E-state index in [9.17, 15) is 14.4 Å². The van der Waals surface area contributed by atoms with E-state index in [1.165, 1.54) is 25.6 Å². The maximum absolute atomic E-state index is 11.7. The van der Waals surface area contributed by atoms with Crippen LogP contribution in [-0.2, 0) is 23.9 Å². The van der Waals surface area contributed by atoms with Crippen LogP contribution in [0.5, 0.6) is 0 Å². The Bertz CT molecular complexity index is 428. The molecular weight excluding hydrogens is 306 g/mol. The lowest BCUT2D eigenvalue weighted by atomic mass is 9.85. The van der Waals surface area contributed by atoms with Gasteiger partial charge in [0.2, 0.25) is 5.91 Å². The number of nitrogens with one attached hydrogen (secondary N) is 1. The van der Waals surface area contributed by atoms with Crippen molar-refractivity contribution < 1.29 is 23.9 Å². The minimum absolute atomic E-state index is 0.0260. The van der Waals surface area contributed by atoms with Gasteiger partial charge in [0.05, 0.1) is 6.04 Å². The Morgan fingerprint density at radius 2 is 1.73 bits per heavy atom. The number of thioether (sulfide) groups is 1. The van der Waals surface area contributed by atoms with Crippen LogP contribution < -0.4 is 5.32 Å². The predicted octanol–water partition coefficient (Wildman–Crippen LogP) is 1.72. The Labute approximate surface area is 135 Å². The highest BCUT2D eigenvalue weighted by Gasteiger charge is 2.43. The minimum atomic E-state index is -0.472. The van der Waals surface area contributed by atoms with Crippen molar-refractivity contribution in [3.8, 4) is 0 Å². The van der Waals surface area contributed by atoms with Gasteiger partial charge in [-0.2, -0.15) is 0 Å². The van der Waals surface area contributed by atoms with Crippen LogP contribution in [0.2, 0.25) is 0 Å². The molecule has 1 aliphatic heterocycles. The summed E-state index contributed by atoms with van der Waals surface area (Å²) in [5, 5.41) is 2.97. The fourth-order valence-electron chi connectivity index (χ4n) is 2.44. The second-order valence-corrected chi connectivity index (χ2v) is 6.96. The quantitative estimate of drug-likeness (QED) is 0.773. The fraction of sp³-hybridized carbons (Fsp3) is 0.800. The van der Waals surface area contributed by atoms with Gasteiger partial charge in [0.1, 0.15) is 6.61 Å². The second kappa shape index (κ2) is 8.41. The summed E-state index contributed by atoms with van der Waals surface area (Å²) >= 11 is 1.44. The number of carbonyl (C=O) groups is 3. The van der Waals surface area contributed by atoms with Crippen molar-refractivity contribution >= 4 is 29.6 Å². The molecule has 0 spiro atoms. The zero-order valence-corrected chi connectivity index (χ0v) is 14.6. The summed E-state index contributed by atoms with van der Waals surface area (Å²) in [6.45, 7) is 8.85. The van der Waals surface area contributed by atoms with E-state index >= 15 is 0 Å². The molecule has 1 fully saturated rings. The highest BCUT2D eigenvalue weighted by atomic mass is 32.2. The Kier molecular flexibility index (Phi) is 7.19. The summed E-state index contributed by atoms with van der Waals surface area (Å²) in [7, 11) is 0. The Balaban J connectivity index is 2.86. The molecule has 0 saturated carbocycles. The van der Waals surface area contributed by atoms with E-state index in [2.05, 4.69) is 12.2 Å². The Morgan fingerprint density at radius 3 is 2.23 bits per heavy atom. The molecule has 0 radical (unpaired) electrons. The lowest BCUT2D eigenvalue weighted by Gasteiger charge is -2.43. The van der Waals surface area contributed by atoms with Crippen molar-refractivity contribution in [3.05, 3.63) is 0 Å². The number of rotatable bonds is 5. The Morgan fingerprint density at radius 1 is 1.09 bits per heavy atom. The van der Waals surface area contributed by atoms with E-state index in [0.717, 1.165) is 0 Å². The summed E-state index contributed by atoms with van der Waals surface area (Å²) in [4.78, 5) is 34.1. The number of hydrogen-bond acceptors (Lipinski definition) is 6. The highest BCUT2D eigenvalue weighted by molar-refractivity contribution is 8.00. The number of esters is 2. The third kappa shape index (κ3) is 5.19. The molecule has 0 aliphatic carbocycles. The molecule has 1 heterocycles. The molecule has 126 valence electrons. The Hall–Kier alpha value is -1.24. The number of ether oxygens (including phenoxy) is 2. The lowest BCUT2D eigenvalue weighted by Crippen LogP contribution is -2.55. The molecule has 7 heteroatoms. The largest absolute Gasteiger partial charge is 0.465 e. The standard InChI is InChI=1S/C15H25NO5S/c1-6-13(19)16-14-9(3)8(2)12(7-20-10(4)17)22-15(14)21-11(5)18/h8-9,12,14-15H,6-7H2,1-5H3,(H,16,19). The molecule has 5 atom stereocenters. The predicted molar refractivity (Wildman–Crippen MR) is 84.1 cm³/mol. The average molecular weight is 331 g/mol. The van der Waals surface area contributed by atoms with Crippen LogP contribution >= 0.6 is 11.8 Å². The summed E-state index contributed by atoms with van der Waals surface area (Å²) in [6, 6.07) is -0.245. The monoisotopic (exact) mass is 331 g/mol. The summed E-state index contributed by atoms with van der Waals surface area (Å²) in [5.74, 6) is -0.479. The number of carbonyl (C=O) groups excluding carboxylic acids is 3. The zero-order valence-electron chi connectivity index (χ0n) is 13.8. The second-order valence-electron chi connectivity index (χ2n) is 5.62. The maximum Gasteiger partial charge on any atom is 0.303 e. The van der Waals surface area contributed by atoms with Crippen molar-refractivity contribution in [1.82, 2.24) is 5.32 Å². The topological polar surface area (TPSA) is 81.7 Å². The molecule has 5 unspecified atom stereocenters. The van der Waals surface area contributed by atoms with Gasteiger partial charge in [-0.3, -0.25) is 14.4 Å². The summed E-state index contributed by atoms with van der Waals surface area (Å²) in [5.41, 5.74) is -0.472. The molecule has 1 rings (SSSR count). The molecule has 22 heavy (non-hydrogen) atoms. The van der Waals surface area contributed by atoms with E-state index in [-0.39, 0.29) is 47.6 Å². The third-order valence-corrected chi connectivity index (χ3v) is 5.54. The first-order valence-electron chi connectivity index (χ1n) is 7.51. The van der Waals surface area contributed by atoms with Crippen LogP contribution in [0.3, 0.4) is 0 Å². The molecule has 0 bridgehead atoms. The van der Waals surface area contributed by atoms with Crippen molar-refractivity contribution in [2.45, 2.75) is 57.8 Å². The van der Waals surface area contributed by atoms with Gasteiger partial charge in [0.25, 0.3) is 0 Å². The SMILES string of the molecule is CCC(=O)NC1C(OC(C)=O)SC(COC(C)=O)C(C)C1C. The van der Waals surface area contributed by atoms with E-state index < -0.39 is 5.44 Å². The minimum Gasteiger partial charge on any atom is -0.465 e. The van der Waals surface area contributed by atoms with E-state index in [4.69, 9.17) is 9.47 Å². The van der Waals surface area contributed by atoms with Gasteiger partial charge in [-0.15, -0.1) is 11.8 Å². The molecule has 1 amide bonds. The van der Waals surface area contributed by atoms with Gasteiger partial charge in [-0.05, 0) is 11.8 Å². The van der Waals surface area contributed by atoms with Crippen LogP contribution in [0.15, 0.2) is 0 Å². The molecule has 0 aromatic heterocycles. The number of amides is 1. The van der Waals surface area contributed by atoms with Crippen LogP contribution in [0.1, 0.15) is 41.0 Å². The number of hydrogen-bond donors (Lipinski definition) is 1. The van der Waals surface area contributed by atoms with Gasteiger partial charge in [0.15, 0.2) is 5.44 Å². The molecule has 1 saturated heterocycles. The average Bonchev–Trinajstić information content (AvgIpc) is 2.44. The van der Waals surface area contributed by atoms with Crippen LogP contribution in [0.25, 0.3) is 0 Å². The van der Waals surface area contributed by atoms with Crippen molar-refractivity contribution in [1.29, 1.82) is 0 Å². The molecule has 6 nitrogen and oxygen atoms in total. The normalized spacial score (nSPS) is 31.2. The first-order valence-corrected chi connectivity index (χ1v) is 8.45. The smallest absolute Gasteiger partial charge is 0.303 e. The van der Waals surface area contributed by atoms with Gasteiger partial charge < -0.3 is 14.8 Å². The maximum atomic E-state index is 11.7. The van der Waals surface area contributed by atoms with Crippen molar-refractivity contribution in [2.24, 2.45) is 11.8 Å². The molecule has 1 aliphatic rings. The van der Waals surface area contributed by atoms with Gasteiger partial charge in [-0.25, -0.2) is 0 Å². The van der Waals surface area contributed by atoms with Crippen LogP contribution in [0.4, 0.5) is 0 Å². The van der Waals surface area contributed by atoms with Crippen LogP contribution in [0, 0.1) is 11.8 Å². The van der Waals surface area contributed by atoms with Crippen LogP contribution in [-0.4, -0.2) is 41.2 Å². The molecule has 0 aromatic rings. The lowest BCUT2D eigenvalue weighted by molar-refractivity contribution is -0.146. The van der Waals surface area contributed by atoms with Gasteiger partial charge in [-0.1, -0.05) is 20.8 Å². The van der Waals surface area contributed by atoms with Crippen molar-refractivity contribution in [3.63, 3.8) is 0 Å². The molecule has 0 aromatic carbocycles. The molecular formula is C15H25NO5S. The summed E-state index contributed by atoms with van der Waals surface area (Å²) in [6.07, 6.45) is 0.381. The van der Waals surface area contributed by atoms with Crippen molar-refractivity contribution in [2.75, 3.05) is 6.61 Å². The first kappa shape index (κ1) is 18.8. The van der Waals surface area contributed by atoms with Gasteiger partial charge in [0, 0.05) is 25.5 Å². The summed E-state index contributed by atoms with van der Waals surface area (Å²) < 4.78 is 10.5. The zero-order chi connectivity index (χ0) is 16.9. The third-order valence-electron chi connectivity index (χ3n) is 3.97. The van der Waals surface area contributed by atoms with E-state index in [1.54, 1.807) is 6.92 Å². The highest BCUT2D eigenvalue weighted by Crippen LogP contribution is 2.40. The molecule has 1 N–H and O–H groups in total. The van der Waals surface area contributed by atoms with E-state index in [0.29, 0.717) is 6.42 Å². The first-order chi connectivity index (χ1) is 10.3.